The largest absolute Gasteiger partial charge is 0.341 e. The molecule has 4 aromatic rings. The van der Waals surface area contributed by atoms with Crippen molar-refractivity contribution in [1.29, 1.82) is 0 Å². The van der Waals surface area contributed by atoms with Crippen molar-refractivity contribution in [3.63, 3.8) is 0 Å². The third kappa shape index (κ3) is 5.72. The molecule has 0 saturated carbocycles. The highest BCUT2D eigenvalue weighted by Gasteiger charge is 2.09. The lowest BCUT2D eigenvalue weighted by molar-refractivity contribution is 0.251. The molecule has 2 aromatic heterocycles. The molecule has 0 aliphatic heterocycles. The van der Waals surface area contributed by atoms with Crippen LogP contribution in [0.1, 0.15) is 5.82 Å². The first-order valence-corrected chi connectivity index (χ1v) is 12.0. The van der Waals surface area contributed by atoms with Crippen LogP contribution in [0.15, 0.2) is 79.0 Å². The van der Waals surface area contributed by atoms with E-state index in [2.05, 4.69) is 57.4 Å². The van der Waals surface area contributed by atoms with Gasteiger partial charge in [-0.1, -0.05) is 67.1 Å². The summed E-state index contributed by atoms with van der Waals surface area (Å²) in [6, 6.07) is 15.6. The quantitative estimate of drug-likeness (QED) is 0.248. The van der Waals surface area contributed by atoms with Crippen LogP contribution in [0.2, 0.25) is 0 Å². The van der Waals surface area contributed by atoms with Crippen LogP contribution >= 0.6 is 55.0 Å². The first-order chi connectivity index (χ1) is 14.5. The lowest BCUT2D eigenvalue weighted by atomic mass is 10.2. The Hall–Kier alpha value is -2.14. The molecular weight excluding hydrogens is 550 g/mol. The van der Waals surface area contributed by atoms with E-state index < -0.39 is 0 Å². The number of urea groups is 1. The van der Waals surface area contributed by atoms with Gasteiger partial charge in [0.15, 0.2) is 5.13 Å². The predicted molar refractivity (Wildman–Crippen MR) is 128 cm³/mol. The number of aromatic nitrogens is 3. The van der Waals surface area contributed by atoms with Crippen molar-refractivity contribution in [2.75, 3.05) is 5.32 Å². The van der Waals surface area contributed by atoms with E-state index in [0.29, 0.717) is 11.0 Å². The van der Waals surface area contributed by atoms with Gasteiger partial charge < -0.3 is 10.3 Å². The Labute approximate surface area is 198 Å². The first-order valence-electron chi connectivity index (χ1n) is 8.79. The van der Waals surface area contributed by atoms with Crippen LogP contribution in [-0.4, -0.2) is 21.0 Å². The number of anilines is 1. The van der Waals surface area contributed by atoms with E-state index in [9.17, 15) is 4.79 Å². The van der Waals surface area contributed by atoms with Gasteiger partial charge in [-0.2, -0.15) is 0 Å². The van der Waals surface area contributed by atoms with E-state index in [0.717, 1.165) is 29.3 Å². The fourth-order valence-corrected chi connectivity index (χ4v) is 4.89. The maximum Gasteiger partial charge on any atom is 0.321 e. The van der Waals surface area contributed by atoms with E-state index >= 15 is 0 Å². The summed E-state index contributed by atoms with van der Waals surface area (Å²) in [5.41, 5.74) is 1.93. The number of nitrogens with zero attached hydrogens (tertiary/aromatic N) is 2. The van der Waals surface area contributed by atoms with Crippen molar-refractivity contribution in [2.24, 2.45) is 0 Å². The zero-order chi connectivity index (χ0) is 20.9. The van der Waals surface area contributed by atoms with E-state index in [-0.39, 0.29) is 12.6 Å². The topological polar surface area (TPSA) is 82.7 Å². The smallest absolute Gasteiger partial charge is 0.321 e. The van der Waals surface area contributed by atoms with Gasteiger partial charge in [0.05, 0.1) is 28.8 Å². The van der Waals surface area contributed by atoms with Crippen LogP contribution in [0, 0.1) is 0 Å². The minimum Gasteiger partial charge on any atom is -0.341 e. The molecule has 4 rings (SSSR count). The molecule has 2 heterocycles. The number of rotatable bonds is 6. The normalized spacial score (nSPS) is 10.7. The molecule has 2 aromatic carbocycles. The summed E-state index contributed by atoms with van der Waals surface area (Å²) >= 11 is 9.88. The fourth-order valence-electron chi connectivity index (χ4n) is 2.52. The maximum absolute atomic E-state index is 12.2. The summed E-state index contributed by atoms with van der Waals surface area (Å²) < 4.78 is 3.05. The highest BCUT2D eigenvalue weighted by atomic mass is 79.9. The Kier molecular flexibility index (Phi) is 6.88. The number of benzene rings is 2. The zero-order valence-corrected chi connectivity index (χ0v) is 20.2. The van der Waals surface area contributed by atoms with Crippen LogP contribution in [0.3, 0.4) is 0 Å². The molecule has 0 aliphatic rings. The second kappa shape index (κ2) is 9.78. The molecule has 0 atom stereocenters. The number of halogens is 2. The number of thiazole rings is 1. The lowest BCUT2D eigenvalue weighted by Crippen LogP contribution is -2.28. The summed E-state index contributed by atoms with van der Waals surface area (Å²) in [6.07, 6.45) is 3.51. The number of hydrogen-bond acceptors (Lipinski definition) is 5. The molecule has 10 heteroatoms. The number of carbonyl (C=O) groups excluding carboxylic acids is 1. The molecule has 30 heavy (non-hydrogen) atoms. The standard InChI is InChI=1S/C20H15Br2N5OS2/c21-13-3-1-12(2-4-13)16-9-23-17(26-16)10-24-19(28)27-20-25-11-18(30-20)29-15-7-5-14(22)6-8-15/h1-9,11H,10H2,(H,23,26)(H2,24,25,27,28). The molecule has 152 valence electrons. The number of imidazole rings is 1. The Morgan fingerprint density at radius 3 is 2.43 bits per heavy atom. The Morgan fingerprint density at radius 1 is 1.00 bits per heavy atom. The predicted octanol–water partition coefficient (Wildman–Crippen LogP) is 6.53. The zero-order valence-electron chi connectivity index (χ0n) is 15.4. The minimum absolute atomic E-state index is 0.286. The van der Waals surface area contributed by atoms with Crippen molar-refractivity contribution < 1.29 is 4.79 Å². The molecule has 2 amide bonds. The third-order valence-electron chi connectivity index (χ3n) is 3.94. The average molecular weight is 565 g/mol. The SMILES string of the molecule is O=C(NCc1ncc(-c2ccc(Br)cc2)[nH]1)Nc1ncc(Sc2ccc(Br)cc2)s1. The first kappa shape index (κ1) is 21.1. The van der Waals surface area contributed by atoms with Crippen LogP contribution < -0.4 is 10.6 Å². The highest BCUT2D eigenvalue weighted by Crippen LogP contribution is 2.34. The van der Waals surface area contributed by atoms with Gasteiger partial charge in [-0.3, -0.25) is 5.32 Å². The number of hydrogen-bond donors (Lipinski definition) is 3. The van der Waals surface area contributed by atoms with Crippen LogP contribution in [-0.2, 0) is 6.54 Å². The van der Waals surface area contributed by atoms with Gasteiger partial charge >= 0.3 is 6.03 Å². The molecule has 0 bridgehead atoms. The summed E-state index contributed by atoms with van der Waals surface area (Å²) in [6.45, 7) is 0.286. The van der Waals surface area contributed by atoms with Gasteiger partial charge in [0.2, 0.25) is 0 Å². The molecule has 0 aliphatic carbocycles. The number of amides is 2. The summed E-state index contributed by atoms with van der Waals surface area (Å²) in [5.74, 6) is 0.675. The second-order valence-electron chi connectivity index (χ2n) is 6.10. The molecule has 0 spiro atoms. The van der Waals surface area contributed by atoms with Crippen LogP contribution in [0.5, 0.6) is 0 Å². The Morgan fingerprint density at radius 2 is 1.70 bits per heavy atom. The van der Waals surface area contributed by atoms with Crippen LogP contribution in [0.4, 0.5) is 9.93 Å². The van der Waals surface area contributed by atoms with Gasteiger partial charge in [0.25, 0.3) is 0 Å². The number of aromatic amines is 1. The van der Waals surface area contributed by atoms with Gasteiger partial charge in [-0.05, 0) is 42.0 Å². The summed E-state index contributed by atoms with van der Waals surface area (Å²) in [5, 5.41) is 6.10. The van der Waals surface area contributed by atoms with Gasteiger partial charge in [-0.25, -0.2) is 14.8 Å². The van der Waals surface area contributed by atoms with Crippen molar-refractivity contribution in [2.45, 2.75) is 15.6 Å². The van der Waals surface area contributed by atoms with Crippen molar-refractivity contribution >= 4 is 66.1 Å². The minimum atomic E-state index is -0.328. The van der Waals surface area contributed by atoms with Crippen LogP contribution in [0.25, 0.3) is 11.3 Å². The molecule has 3 N–H and O–H groups in total. The molecule has 0 unspecified atom stereocenters. The van der Waals surface area contributed by atoms with Gasteiger partial charge in [-0.15, -0.1) is 0 Å². The monoisotopic (exact) mass is 563 g/mol. The Balaban J connectivity index is 1.28. The fraction of sp³-hybridized carbons (Fsp3) is 0.0500. The maximum atomic E-state index is 12.2. The molecule has 6 nitrogen and oxygen atoms in total. The average Bonchev–Trinajstić information content (AvgIpc) is 3.38. The number of carbonyl (C=O) groups is 1. The lowest BCUT2D eigenvalue weighted by Gasteiger charge is -2.03. The summed E-state index contributed by atoms with van der Waals surface area (Å²) in [7, 11) is 0. The summed E-state index contributed by atoms with van der Waals surface area (Å²) in [4.78, 5) is 25.1. The van der Waals surface area contributed by atoms with Gasteiger partial charge in [0.1, 0.15) is 5.82 Å². The molecule has 0 radical (unpaired) electrons. The molecular formula is C20H15Br2N5OS2. The van der Waals surface area contributed by atoms with E-state index in [1.54, 1.807) is 24.2 Å². The van der Waals surface area contributed by atoms with Crippen molar-refractivity contribution in [1.82, 2.24) is 20.3 Å². The number of H-pyrrole nitrogens is 1. The molecule has 0 saturated heterocycles. The van der Waals surface area contributed by atoms with E-state index in [1.165, 1.54) is 11.3 Å². The molecule has 0 fully saturated rings. The van der Waals surface area contributed by atoms with Gasteiger partial charge in [0, 0.05) is 13.8 Å². The van der Waals surface area contributed by atoms with E-state index in [4.69, 9.17) is 0 Å². The van der Waals surface area contributed by atoms with E-state index in [1.807, 2.05) is 48.5 Å². The van der Waals surface area contributed by atoms with Crippen molar-refractivity contribution in [3.05, 3.63) is 75.7 Å². The van der Waals surface area contributed by atoms with Crippen molar-refractivity contribution in [3.8, 4) is 11.3 Å². The highest BCUT2D eigenvalue weighted by molar-refractivity contribution is 9.10. The number of nitrogens with one attached hydrogen (secondary N) is 3. The second-order valence-corrected chi connectivity index (χ2v) is 10.3. The Bertz CT molecular complexity index is 1140. The third-order valence-corrected chi connectivity index (χ3v) is 7.02.